The van der Waals surface area contributed by atoms with Crippen LogP contribution in [0.4, 0.5) is 0 Å². The second-order valence-electron chi connectivity index (χ2n) is 2.89. The summed E-state index contributed by atoms with van der Waals surface area (Å²) >= 11 is 0. The zero-order chi connectivity index (χ0) is 8.97. The average molecular weight is 162 g/mol. The summed E-state index contributed by atoms with van der Waals surface area (Å²) in [7, 11) is 0. The Morgan fingerprint density at radius 3 is 2.33 bits per heavy atom. The molecule has 64 valence electrons. The van der Waals surface area contributed by atoms with E-state index in [1.54, 1.807) is 0 Å². The van der Waals surface area contributed by atoms with Crippen molar-refractivity contribution in [3.8, 4) is 0 Å². The van der Waals surface area contributed by atoms with E-state index >= 15 is 0 Å². The molecule has 1 N–H and O–H groups in total. The van der Waals surface area contributed by atoms with E-state index < -0.39 is 0 Å². The molecule has 0 saturated heterocycles. The Bertz CT molecular complexity index is 259. The van der Waals surface area contributed by atoms with E-state index in [4.69, 9.17) is 5.11 Å². The van der Waals surface area contributed by atoms with Gasteiger partial charge in [0.05, 0.1) is 0 Å². The molecule has 0 amide bonds. The molecule has 0 fully saturated rings. The molecule has 0 unspecified atom stereocenters. The van der Waals surface area contributed by atoms with Gasteiger partial charge in [0.1, 0.15) is 5.76 Å². The van der Waals surface area contributed by atoms with Gasteiger partial charge in [0.2, 0.25) is 0 Å². The van der Waals surface area contributed by atoms with Crippen LogP contribution in [0, 0.1) is 0 Å². The highest BCUT2D eigenvalue weighted by molar-refractivity contribution is 5.55. The second kappa shape index (κ2) is 3.96. The normalized spacial score (nSPS) is 9.75. The van der Waals surface area contributed by atoms with Gasteiger partial charge in [0, 0.05) is 5.56 Å². The number of aliphatic hydroxyl groups excluding tert-OH is 1. The van der Waals surface area contributed by atoms with Gasteiger partial charge in [-0.05, 0) is 12.0 Å². The highest BCUT2D eigenvalue weighted by Gasteiger charge is 1.95. The van der Waals surface area contributed by atoms with Gasteiger partial charge in [0.25, 0.3) is 0 Å². The minimum Gasteiger partial charge on any atom is -0.508 e. The third kappa shape index (κ3) is 2.12. The van der Waals surface area contributed by atoms with Gasteiger partial charge in [-0.15, -0.1) is 0 Å². The van der Waals surface area contributed by atoms with Crippen LogP contribution in [0.25, 0.3) is 5.76 Å². The molecular formula is C11H14O. The quantitative estimate of drug-likeness (QED) is 0.677. The van der Waals surface area contributed by atoms with Crippen molar-refractivity contribution in [3.63, 3.8) is 0 Å². The van der Waals surface area contributed by atoms with E-state index in [9.17, 15) is 0 Å². The summed E-state index contributed by atoms with van der Waals surface area (Å²) in [5.41, 5.74) is 2.11. The molecule has 0 bridgehead atoms. The number of hydrogen-bond donors (Lipinski definition) is 1. The molecule has 1 aromatic carbocycles. The first-order chi connectivity index (χ1) is 5.74. The van der Waals surface area contributed by atoms with Crippen molar-refractivity contribution in [1.82, 2.24) is 0 Å². The minimum atomic E-state index is 0.137. The van der Waals surface area contributed by atoms with Gasteiger partial charge in [-0.3, -0.25) is 0 Å². The number of hydrogen-bond acceptors (Lipinski definition) is 1. The van der Waals surface area contributed by atoms with Crippen LogP contribution >= 0.6 is 0 Å². The lowest BCUT2D eigenvalue weighted by atomic mass is 10.1. The van der Waals surface area contributed by atoms with E-state index in [2.05, 4.69) is 13.5 Å². The summed E-state index contributed by atoms with van der Waals surface area (Å²) in [4.78, 5) is 0. The van der Waals surface area contributed by atoms with Crippen molar-refractivity contribution in [2.75, 3.05) is 0 Å². The number of aliphatic hydroxyl groups is 1. The lowest BCUT2D eigenvalue weighted by molar-refractivity contribution is 0.514. The van der Waals surface area contributed by atoms with Crippen LogP contribution in [0.2, 0.25) is 0 Å². The van der Waals surface area contributed by atoms with Crippen LogP contribution in [-0.2, 0) is 6.42 Å². The van der Waals surface area contributed by atoms with E-state index in [1.807, 2.05) is 24.3 Å². The molecule has 12 heavy (non-hydrogen) atoms. The van der Waals surface area contributed by atoms with Crippen LogP contribution < -0.4 is 0 Å². The molecule has 0 aliphatic heterocycles. The monoisotopic (exact) mass is 162 g/mol. The first kappa shape index (κ1) is 8.85. The smallest absolute Gasteiger partial charge is 0.115 e. The molecule has 1 heteroatoms. The van der Waals surface area contributed by atoms with E-state index in [0.717, 1.165) is 18.4 Å². The van der Waals surface area contributed by atoms with Gasteiger partial charge in [-0.1, -0.05) is 44.2 Å². The SMILES string of the molecule is C=C(O)c1ccc(CCC)cc1. The summed E-state index contributed by atoms with van der Waals surface area (Å²) in [6.07, 6.45) is 2.25. The Hall–Kier alpha value is -1.24. The van der Waals surface area contributed by atoms with Gasteiger partial charge >= 0.3 is 0 Å². The van der Waals surface area contributed by atoms with Crippen molar-refractivity contribution >= 4 is 5.76 Å². The van der Waals surface area contributed by atoms with E-state index in [0.29, 0.717) is 0 Å². The highest BCUT2D eigenvalue weighted by atomic mass is 16.3. The molecule has 1 nitrogen and oxygen atoms in total. The van der Waals surface area contributed by atoms with Gasteiger partial charge in [-0.25, -0.2) is 0 Å². The Balaban J connectivity index is 2.78. The number of benzene rings is 1. The van der Waals surface area contributed by atoms with Gasteiger partial charge in [-0.2, -0.15) is 0 Å². The first-order valence-corrected chi connectivity index (χ1v) is 4.21. The molecule has 0 atom stereocenters. The fourth-order valence-electron chi connectivity index (χ4n) is 1.15. The van der Waals surface area contributed by atoms with E-state index in [-0.39, 0.29) is 5.76 Å². The highest BCUT2D eigenvalue weighted by Crippen LogP contribution is 2.11. The van der Waals surface area contributed by atoms with Crippen molar-refractivity contribution in [3.05, 3.63) is 42.0 Å². The maximum absolute atomic E-state index is 9.05. The Morgan fingerprint density at radius 1 is 1.33 bits per heavy atom. The van der Waals surface area contributed by atoms with Crippen LogP contribution in [0.15, 0.2) is 30.8 Å². The number of rotatable bonds is 3. The predicted molar refractivity (Wildman–Crippen MR) is 52.1 cm³/mol. The molecule has 0 saturated carbocycles. The van der Waals surface area contributed by atoms with Crippen LogP contribution in [0.3, 0.4) is 0 Å². The van der Waals surface area contributed by atoms with Crippen molar-refractivity contribution in [2.24, 2.45) is 0 Å². The molecule has 0 aromatic heterocycles. The molecule has 0 aliphatic rings. The Kier molecular flexibility index (Phi) is 2.92. The Morgan fingerprint density at radius 2 is 1.92 bits per heavy atom. The molecule has 1 aromatic rings. The summed E-state index contributed by atoms with van der Waals surface area (Å²) < 4.78 is 0. The fraction of sp³-hybridized carbons (Fsp3) is 0.273. The standard InChI is InChI=1S/C11H14O/c1-3-4-10-5-7-11(8-6-10)9(2)12/h5-8,12H,2-4H2,1H3. The maximum Gasteiger partial charge on any atom is 0.115 e. The van der Waals surface area contributed by atoms with Crippen molar-refractivity contribution in [1.29, 1.82) is 0 Å². The van der Waals surface area contributed by atoms with Crippen LogP contribution in [0.1, 0.15) is 24.5 Å². The van der Waals surface area contributed by atoms with Gasteiger partial charge < -0.3 is 5.11 Å². The predicted octanol–water partition coefficient (Wildman–Crippen LogP) is 3.17. The average Bonchev–Trinajstić information content (AvgIpc) is 2.06. The van der Waals surface area contributed by atoms with Crippen molar-refractivity contribution in [2.45, 2.75) is 19.8 Å². The molecule has 0 heterocycles. The molecule has 1 rings (SSSR count). The second-order valence-corrected chi connectivity index (χ2v) is 2.89. The molecular weight excluding hydrogens is 148 g/mol. The van der Waals surface area contributed by atoms with Crippen LogP contribution in [-0.4, -0.2) is 5.11 Å². The van der Waals surface area contributed by atoms with E-state index in [1.165, 1.54) is 5.56 Å². The topological polar surface area (TPSA) is 20.2 Å². The zero-order valence-electron chi connectivity index (χ0n) is 7.38. The maximum atomic E-state index is 9.05. The molecule has 0 radical (unpaired) electrons. The summed E-state index contributed by atoms with van der Waals surface area (Å²) in [6, 6.07) is 7.85. The fourth-order valence-corrected chi connectivity index (χ4v) is 1.15. The Labute approximate surface area is 73.4 Å². The minimum absolute atomic E-state index is 0.137. The number of aryl methyl sites for hydroxylation is 1. The van der Waals surface area contributed by atoms with Crippen LogP contribution in [0.5, 0.6) is 0 Å². The first-order valence-electron chi connectivity index (χ1n) is 4.21. The van der Waals surface area contributed by atoms with Gasteiger partial charge in [0.15, 0.2) is 0 Å². The molecule has 0 aliphatic carbocycles. The third-order valence-electron chi connectivity index (χ3n) is 1.83. The summed E-state index contributed by atoms with van der Waals surface area (Å²) in [6.45, 7) is 5.61. The lowest BCUT2D eigenvalue weighted by Gasteiger charge is -2.00. The lowest BCUT2D eigenvalue weighted by Crippen LogP contribution is -1.84. The summed E-state index contributed by atoms with van der Waals surface area (Å²) in [5, 5.41) is 9.05. The third-order valence-corrected chi connectivity index (χ3v) is 1.83. The van der Waals surface area contributed by atoms with Crippen molar-refractivity contribution < 1.29 is 5.11 Å². The summed E-state index contributed by atoms with van der Waals surface area (Å²) in [5.74, 6) is 0.137. The molecule has 0 spiro atoms. The zero-order valence-corrected chi connectivity index (χ0v) is 7.38. The largest absolute Gasteiger partial charge is 0.508 e.